The molecule has 0 aliphatic carbocycles. The fraction of sp³-hybridized carbons (Fsp3) is 0.685. The van der Waals surface area contributed by atoms with Crippen LogP contribution in [0, 0.1) is 0 Å². The monoisotopic (exact) mass is 804 g/mol. The lowest BCUT2D eigenvalue weighted by molar-refractivity contribution is -0.123. The highest BCUT2D eigenvalue weighted by Crippen LogP contribution is 2.14. The van der Waals surface area contributed by atoms with Gasteiger partial charge in [0.2, 0.25) is 5.91 Å². The third-order valence-electron chi connectivity index (χ3n) is 10.6. The van der Waals surface area contributed by atoms with Crippen molar-refractivity contribution in [3.8, 4) is 0 Å². The molecule has 0 aliphatic rings. The largest absolute Gasteiger partial charge is 0.394 e. The molecule has 0 fully saturated rings. The number of allylic oxidation sites excluding steroid dienone is 15. The lowest BCUT2D eigenvalue weighted by atomic mass is 10.0. The summed E-state index contributed by atoms with van der Waals surface area (Å²) in [5.41, 5.74) is 0. The molecule has 4 heteroatoms. The average molecular weight is 804 g/mol. The van der Waals surface area contributed by atoms with Gasteiger partial charge >= 0.3 is 0 Å². The summed E-state index contributed by atoms with van der Waals surface area (Å²) in [4.78, 5) is 12.4. The first-order valence-electron chi connectivity index (χ1n) is 24.5. The molecule has 0 aromatic rings. The molecule has 0 bridgehead atoms. The van der Waals surface area contributed by atoms with Crippen molar-refractivity contribution in [2.75, 3.05) is 6.61 Å². The van der Waals surface area contributed by atoms with Crippen molar-refractivity contribution in [3.05, 3.63) is 97.2 Å². The van der Waals surface area contributed by atoms with Crippen LogP contribution in [0.25, 0.3) is 0 Å². The number of rotatable bonds is 43. The maximum Gasteiger partial charge on any atom is 0.220 e. The molecule has 0 spiro atoms. The zero-order valence-corrected chi connectivity index (χ0v) is 38.0. The molecule has 0 aliphatic heterocycles. The molecule has 0 aromatic carbocycles. The van der Waals surface area contributed by atoms with E-state index in [0.717, 1.165) is 83.5 Å². The Morgan fingerprint density at radius 2 is 0.776 bits per heavy atom. The van der Waals surface area contributed by atoms with E-state index in [4.69, 9.17) is 0 Å². The molecule has 0 aromatic heterocycles. The number of hydrogen-bond donors (Lipinski definition) is 3. The lowest BCUT2D eigenvalue weighted by Gasteiger charge is -2.19. The smallest absolute Gasteiger partial charge is 0.220 e. The van der Waals surface area contributed by atoms with Crippen LogP contribution in [-0.2, 0) is 4.79 Å². The Labute approximate surface area is 360 Å². The summed E-state index contributed by atoms with van der Waals surface area (Å²) in [7, 11) is 0. The van der Waals surface area contributed by atoms with E-state index < -0.39 is 12.1 Å². The summed E-state index contributed by atoms with van der Waals surface area (Å²) < 4.78 is 0. The molecule has 0 radical (unpaired) electrons. The minimum Gasteiger partial charge on any atom is -0.394 e. The molecule has 2 atom stereocenters. The summed E-state index contributed by atoms with van der Waals surface area (Å²) in [5.74, 6) is -0.0861. The first kappa shape index (κ1) is 55.3. The van der Waals surface area contributed by atoms with E-state index in [9.17, 15) is 15.0 Å². The SMILES string of the molecule is CC/C=C\C/C=C\C/C=C\C/C=C\C/C=C\C/C=C\CCCCCCCCCCC(=O)NC(CO)C(O)/C=C/CC/C=C/CCCCCCCCCCCCCCC. The van der Waals surface area contributed by atoms with Gasteiger partial charge in [-0.3, -0.25) is 4.79 Å². The standard InChI is InChI=1S/C54H93NO3/c1-3-5-7-9-11-13-15-17-19-21-23-24-25-26-27-28-29-30-32-34-36-38-40-42-44-46-48-50-54(58)55-52(51-56)53(57)49-47-45-43-41-39-37-35-33-31-22-20-18-16-14-12-10-8-6-4-2/h5,7,11,13,17,19,23-24,26-27,29-30,39,41,47,49,52-53,56-57H,3-4,6,8-10,12,14-16,18,20-22,25,28,31-38,40,42-46,48,50-51H2,1-2H3,(H,55,58)/b7-5-,13-11-,19-17-,24-23-,27-26-,30-29-,41-39+,49-47+. The van der Waals surface area contributed by atoms with E-state index in [0.29, 0.717) is 6.42 Å². The predicted octanol–water partition coefficient (Wildman–Crippen LogP) is 15.8. The molecule has 2 unspecified atom stereocenters. The molecule has 0 rings (SSSR count). The lowest BCUT2D eigenvalue weighted by Crippen LogP contribution is -2.45. The van der Waals surface area contributed by atoms with Crippen LogP contribution in [0.2, 0.25) is 0 Å². The highest BCUT2D eigenvalue weighted by Gasteiger charge is 2.17. The summed E-state index contributed by atoms with van der Waals surface area (Å²) in [5, 5.41) is 23.1. The Hall–Kier alpha value is -2.69. The topological polar surface area (TPSA) is 69.6 Å². The predicted molar refractivity (Wildman–Crippen MR) is 257 cm³/mol. The minimum atomic E-state index is -0.872. The number of carbonyl (C=O) groups is 1. The van der Waals surface area contributed by atoms with E-state index in [1.54, 1.807) is 6.08 Å². The number of carbonyl (C=O) groups excluding carboxylic acids is 1. The Kier molecular flexibility index (Phi) is 46.4. The average Bonchev–Trinajstić information content (AvgIpc) is 3.23. The van der Waals surface area contributed by atoms with Crippen LogP contribution in [0.5, 0.6) is 0 Å². The number of nitrogens with one attached hydrogen (secondary N) is 1. The van der Waals surface area contributed by atoms with Crippen LogP contribution < -0.4 is 5.32 Å². The van der Waals surface area contributed by atoms with Gasteiger partial charge in [0, 0.05) is 6.42 Å². The second-order valence-electron chi connectivity index (χ2n) is 16.1. The quantitative estimate of drug-likeness (QED) is 0.0425. The first-order chi connectivity index (χ1) is 28.7. The van der Waals surface area contributed by atoms with Crippen LogP contribution in [0.4, 0.5) is 0 Å². The van der Waals surface area contributed by atoms with E-state index in [1.165, 1.54) is 116 Å². The van der Waals surface area contributed by atoms with Gasteiger partial charge < -0.3 is 15.5 Å². The Morgan fingerprint density at radius 3 is 1.21 bits per heavy atom. The van der Waals surface area contributed by atoms with Crippen molar-refractivity contribution < 1.29 is 15.0 Å². The molecule has 0 heterocycles. The molecule has 3 N–H and O–H groups in total. The summed E-state index contributed by atoms with van der Waals surface area (Å²) in [6, 6.07) is -0.650. The fourth-order valence-corrected chi connectivity index (χ4v) is 6.84. The van der Waals surface area contributed by atoms with Crippen LogP contribution in [0.1, 0.15) is 219 Å². The zero-order valence-electron chi connectivity index (χ0n) is 38.0. The third kappa shape index (κ3) is 44.4. The Morgan fingerprint density at radius 1 is 0.431 bits per heavy atom. The van der Waals surface area contributed by atoms with Gasteiger partial charge in [-0.25, -0.2) is 0 Å². The van der Waals surface area contributed by atoms with Crippen molar-refractivity contribution in [1.82, 2.24) is 5.32 Å². The van der Waals surface area contributed by atoms with Gasteiger partial charge in [0.1, 0.15) is 0 Å². The molecule has 332 valence electrons. The molecule has 0 saturated heterocycles. The molecule has 58 heavy (non-hydrogen) atoms. The molecule has 4 nitrogen and oxygen atoms in total. The van der Waals surface area contributed by atoms with Crippen molar-refractivity contribution in [2.45, 2.75) is 231 Å². The Balaban J connectivity index is 3.65. The van der Waals surface area contributed by atoms with Gasteiger partial charge in [-0.15, -0.1) is 0 Å². The van der Waals surface area contributed by atoms with Crippen molar-refractivity contribution in [2.24, 2.45) is 0 Å². The zero-order chi connectivity index (χ0) is 42.1. The number of unbranched alkanes of at least 4 members (excludes halogenated alkanes) is 22. The highest BCUT2D eigenvalue weighted by atomic mass is 16.3. The number of amides is 1. The van der Waals surface area contributed by atoms with Crippen molar-refractivity contribution >= 4 is 5.91 Å². The van der Waals surface area contributed by atoms with Crippen LogP contribution in [-0.4, -0.2) is 34.9 Å². The maximum atomic E-state index is 12.4. The van der Waals surface area contributed by atoms with Crippen LogP contribution in [0.3, 0.4) is 0 Å². The van der Waals surface area contributed by atoms with Gasteiger partial charge in [0.25, 0.3) is 0 Å². The van der Waals surface area contributed by atoms with E-state index in [-0.39, 0.29) is 12.5 Å². The van der Waals surface area contributed by atoms with E-state index in [2.05, 4.69) is 104 Å². The molecule has 1 amide bonds. The third-order valence-corrected chi connectivity index (χ3v) is 10.6. The molecular weight excluding hydrogens is 711 g/mol. The highest BCUT2D eigenvalue weighted by molar-refractivity contribution is 5.76. The normalized spacial score (nSPS) is 13.8. The van der Waals surface area contributed by atoms with Gasteiger partial charge in [0.15, 0.2) is 0 Å². The minimum absolute atomic E-state index is 0.0861. The summed E-state index contributed by atoms with van der Waals surface area (Å²) >= 11 is 0. The summed E-state index contributed by atoms with van der Waals surface area (Å²) in [6.45, 7) is 4.18. The summed E-state index contributed by atoms with van der Waals surface area (Å²) in [6.07, 6.45) is 72.4. The maximum absolute atomic E-state index is 12.4. The molecule has 0 saturated carbocycles. The van der Waals surface area contributed by atoms with Crippen LogP contribution >= 0.6 is 0 Å². The van der Waals surface area contributed by atoms with Gasteiger partial charge in [-0.2, -0.15) is 0 Å². The Bertz CT molecular complexity index is 1090. The second kappa shape index (κ2) is 48.7. The van der Waals surface area contributed by atoms with Gasteiger partial charge in [0.05, 0.1) is 18.8 Å². The number of aliphatic hydroxyl groups excluding tert-OH is 2. The molecular formula is C54H93NO3. The van der Waals surface area contributed by atoms with Gasteiger partial charge in [-0.05, 0) is 83.5 Å². The first-order valence-corrected chi connectivity index (χ1v) is 24.5. The fourth-order valence-electron chi connectivity index (χ4n) is 6.84. The number of aliphatic hydroxyl groups is 2. The van der Waals surface area contributed by atoms with Crippen molar-refractivity contribution in [1.29, 1.82) is 0 Å². The number of hydrogen-bond acceptors (Lipinski definition) is 3. The van der Waals surface area contributed by atoms with E-state index >= 15 is 0 Å². The van der Waals surface area contributed by atoms with Gasteiger partial charge in [-0.1, -0.05) is 227 Å². The van der Waals surface area contributed by atoms with E-state index in [1.807, 2.05) is 6.08 Å². The van der Waals surface area contributed by atoms with Crippen LogP contribution in [0.15, 0.2) is 97.2 Å². The van der Waals surface area contributed by atoms with Crippen molar-refractivity contribution in [3.63, 3.8) is 0 Å². The second-order valence-corrected chi connectivity index (χ2v) is 16.1.